The van der Waals surface area contributed by atoms with Crippen molar-refractivity contribution < 1.29 is 19.1 Å². The van der Waals surface area contributed by atoms with Crippen molar-refractivity contribution in [2.75, 3.05) is 0 Å². The molecule has 0 aliphatic heterocycles. The molecule has 1 aromatic heterocycles. The lowest BCUT2D eigenvalue weighted by atomic mass is 10.1. The lowest BCUT2D eigenvalue weighted by Gasteiger charge is -2.14. The van der Waals surface area contributed by atoms with Crippen LogP contribution in [-0.4, -0.2) is 28.0 Å². The minimum absolute atomic E-state index is 0.0645. The van der Waals surface area contributed by atoms with Crippen molar-refractivity contribution in [3.63, 3.8) is 0 Å². The summed E-state index contributed by atoms with van der Waals surface area (Å²) in [6.45, 7) is 0. The maximum absolute atomic E-state index is 13.2. The van der Waals surface area contributed by atoms with Gasteiger partial charge < -0.3 is 10.4 Å². The summed E-state index contributed by atoms with van der Waals surface area (Å²) in [6, 6.07) is 15.7. The van der Waals surface area contributed by atoms with Gasteiger partial charge in [-0.15, -0.1) is 0 Å². The van der Waals surface area contributed by atoms with Gasteiger partial charge in [0.15, 0.2) is 0 Å². The van der Waals surface area contributed by atoms with Crippen LogP contribution in [0.25, 0.3) is 10.9 Å². The molecule has 0 aliphatic rings. The highest BCUT2D eigenvalue weighted by Gasteiger charge is 2.21. The molecule has 0 fully saturated rings. The van der Waals surface area contributed by atoms with Gasteiger partial charge in [-0.3, -0.25) is 9.78 Å². The molecule has 5 nitrogen and oxygen atoms in total. The lowest BCUT2D eigenvalue weighted by Crippen LogP contribution is -2.43. The Labute approximate surface area is 149 Å². The SMILES string of the molecule is O=C(Cc1cccc(F)c1)N[C@H](Cc1ccc2ccccc2n1)C(=O)O. The third-order valence-corrected chi connectivity index (χ3v) is 3.96. The van der Waals surface area contributed by atoms with Crippen molar-refractivity contribution in [1.29, 1.82) is 0 Å². The second-order valence-electron chi connectivity index (χ2n) is 5.96. The number of carboxylic acids is 1. The molecule has 0 saturated carbocycles. The fraction of sp³-hybridized carbons (Fsp3) is 0.150. The highest BCUT2D eigenvalue weighted by molar-refractivity contribution is 5.85. The van der Waals surface area contributed by atoms with Crippen molar-refractivity contribution in [2.45, 2.75) is 18.9 Å². The van der Waals surface area contributed by atoms with Crippen LogP contribution in [0.3, 0.4) is 0 Å². The van der Waals surface area contributed by atoms with Gasteiger partial charge in [0.25, 0.3) is 0 Å². The summed E-state index contributed by atoms with van der Waals surface area (Å²) in [7, 11) is 0. The Morgan fingerprint density at radius 2 is 1.88 bits per heavy atom. The molecular formula is C20H17FN2O3. The molecule has 2 N–H and O–H groups in total. The fourth-order valence-corrected chi connectivity index (χ4v) is 2.71. The van der Waals surface area contributed by atoms with Crippen LogP contribution in [0.15, 0.2) is 60.7 Å². The zero-order valence-corrected chi connectivity index (χ0v) is 13.9. The van der Waals surface area contributed by atoms with Gasteiger partial charge in [-0.05, 0) is 29.8 Å². The molecule has 6 heteroatoms. The Morgan fingerprint density at radius 3 is 2.65 bits per heavy atom. The molecule has 0 aliphatic carbocycles. The van der Waals surface area contributed by atoms with Gasteiger partial charge >= 0.3 is 5.97 Å². The van der Waals surface area contributed by atoms with E-state index < -0.39 is 23.7 Å². The first-order valence-corrected chi connectivity index (χ1v) is 8.12. The topological polar surface area (TPSA) is 79.3 Å². The summed E-state index contributed by atoms with van der Waals surface area (Å²) in [6.07, 6.45) is -0.0260. The number of nitrogens with one attached hydrogen (secondary N) is 1. The maximum Gasteiger partial charge on any atom is 0.326 e. The normalized spacial score (nSPS) is 11.9. The summed E-state index contributed by atoms with van der Waals surface area (Å²) in [4.78, 5) is 28.1. The van der Waals surface area contributed by atoms with E-state index in [1.165, 1.54) is 18.2 Å². The summed E-state index contributed by atoms with van der Waals surface area (Å²) in [5.41, 5.74) is 1.82. The quantitative estimate of drug-likeness (QED) is 0.715. The van der Waals surface area contributed by atoms with Crippen molar-refractivity contribution in [1.82, 2.24) is 10.3 Å². The average molecular weight is 352 g/mol. The van der Waals surface area contributed by atoms with Gasteiger partial charge in [0.1, 0.15) is 11.9 Å². The Hall–Kier alpha value is -3.28. The van der Waals surface area contributed by atoms with Gasteiger partial charge in [-0.25, -0.2) is 9.18 Å². The van der Waals surface area contributed by atoms with E-state index in [4.69, 9.17) is 0 Å². The number of halogens is 1. The number of aliphatic carboxylic acids is 1. The van der Waals surface area contributed by atoms with Crippen LogP contribution in [-0.2, 0) is 22.4 Å². The molecular weight excluding hydrogens is 335 g/mol. The number of nitrogens with zero attached hydrogens (tertiary/aromatic N) is 1. The molecule has 3 aromatic rings. The molecule has 1 amide bonds. The lowest BCUT2D eigenvalue weighted by molar-refractivity contribution is -0.141. The highest BCUT2D eigenvalue weighted by Crippen LogP contribution is 2.13. The van der Waals surface area contributed by atoms with E-state index >= 15 is 0 Å². The zero-order valence-electron chi connectivity index (χ0n) is 13.9. The van der Waals surface area contributed by atoms with Gasteiger partial charge in [-0.1, -0.05) is 36.4 Å². The Balaban J connectivity index is 1.70. The molecule has 0 bridgehead atoms. The average Bonchev–Trinajstić information content (AvgIpc) is 2.61. The summed E-state index contributed by atoms with van der Waals surface area (Å²) < 4.78 is 13.2. The number of amides is 1. The van der Waals surface area contributed by atoms with Gasteiger partial charge in [0.05, 0.1) is 11.9 Å². The van der Waals surface area contributed by atoms with E-state index in [1.54, 1.807) is 12.1 Å². The zero-order chi connectivity index (χ0) is 18.5. The number of carboxylic acid groups (broad SMARTS) is 1. The highest BCUT2D eigenvalue weighted by atomic mass is 19.1. The third kappa shape index (κ3) is 4.42. The number of rotatable bonds is 6. The first-order chi connectivity index (χ1) is 12.5. The van der Waals surface area contributed by atoms with Crippen LogP contribution < -0.4 is 5.32 Å². The monoisotopic (exact) mass is 352 g/mol. The molecule has 0 radical (unpaired) electrons. The standard InChI is InChI=1S/C20H17FN2O3/c21-15-6-3-4-13(10-15)11-19(24)23-18(20(25)26)12-16-9-8-14-5-1-2-7-17(14)22-16/h1-10,18H,11-12H2,(H,23,24)(H,25,26)/t18-/m1/s1. The molecule has 26 heavy (non-hydrogen) atoms. The van der Waals surface area contributed by atoms with Gasteiger partial charge in [0, 0.05) is 17.5 Å². The summed E-state index contributed by atoms with van der Waals surface area (Å²) in [5, 5.41) is 12.8. The van der Waals surface area contributed by atoms with Crippen LogP contribution in [0.2, 0.25) is 0 Å². The van der Waals surface area contributed by atoms with E-state index in [-0.39, 0.29) is 12.8 Å². The fourth-order valence-electron chi connectivity index (χ4n) is 2.71. The first kappa shape index (κ1) is 17.5. The van der Waals surface area contributed by atoms with Gasteiger partial charge in [0.2, 0.25) is 5.91 Å². The molecule has 1 heterocycles. The Kier molecular flexibility index (Phi) is 5.22. The number of para-hydroxylation sites is 1. The van der Waals surface area contributed by atoms with E-state index in [0.717, 1.165) is 10.9 Å². The van der Waals surface area contributed by atoms with E-state index in [0.29, 0.717) is 11.3 Å². The van der Waals surface area contributed by atoms with E-state index in [1.807, 2.05) is 30.3 Å². The molecule has 132 valence electrons. The number of hydrogen-bond acceptors (Lipinski definition) is 3. The van der Waals surface area contributed by atoms with Crippen molar-refractivity contribution in [3.8, 4) is 0 Å². The number of carbonyl (C=O) groups is 2. The Bertz CT molecular complexity index is 958. The molecule has 0 saturated heterocycles. The van der Waals surface area contributed by atoms with Crippen molar-refractivity contribution in [2.24, 2.45) is 0 Å². The first-order valence-electron chi connectivity index (χ1n) is 8.12. The minimum atomic E-state index is -1.15. The van der Waals surface area contributed by atoms with Crippen LogP contribution in [0.1, 0.15) is 11.3 Å². The molecule has 0 spiro atoms. The number of pyridine rings is 1. The predicted octanol–water partition coefficient (Wildman–Crippen LogP) is 2.73. The van der Waals surface area contributed by atoms with Crippen LogP contribution >= 0.6 is 0 Å². The molecule has 0 unspecified atom stereocenters. The number of benzene rings is 2. The molecule has 3 rings (SSSR count). The number of hydrogen-bond donors (Lipinski definition) is 2. The summed E-state index contributed by atoms with van der Waals surface area (Å²) in [5.74, 6) is -2.07. The predicted molar refractivity (Wildman–Crippen MR) is 95.1 cm³/mol. The third-order valence-electron chi connectivity index (χ3n) is 3.96. The second kappa shape index (κ2) is 7.74. The number of aromatic nitrogens is 1. The van der Waals surface area contributed by atoms with Gasteiger partial charge in [-0.2, -0.15) is 0 Å². The minimum Gasteiger partial charge on any atom is -0.480 e. The summed E-state index contributed by atoms with van der Waals surface area (Å²) >= 11 is 0. The second-order valence-corrected chi connectivity index (χ2v) is 5.96. The van der Waals surface area contributed by atoms with Crippen LogP contribution in [0.4, 0.5) is 4.39 Å². The largest absolute Gasteiger partial charge is 0.480 e. The van der Waals surface area contributed by atoms with Crippen LogP contribution in [0, 0.1) is 5.82 Å². The Morgan fingerprint density at radius 1 is 1.08 bits per heavy atom. The number of carbonyl (C=O) groups excluding carboxylic acids is 1. The smallest absolute Gasteiger partial charge is 0.326 e. The van der Waals surface area contributed by atoms with Crippen LogP contribution in [0.5, 0.6) is 0 Å². The molecule has 1 atom stereocenters. The maximum atomic E-state index is 13.2. The molecule has 2 aromatic carbocycles. The van der Waals surface area contributed by atoms with Crippen molar-refractivity contribution >= 4 is 22.8 Å². The van der Waals surface area contributed by atoms with E-state index in [9.17, 15) is 19.1 Å². The number of fused-ring (bicyclic) bond motifs is 1. The van der Waals surface area contributed by atoms with E-state index in [2.05, 4.69) is 10.3 Å². The van der Waals surface area contributed by atoms with Crippen molar-refractivity contribution in [3.05, 3.63) is 77.7 Å².